The van der Waals surface area contributed by atoms with Gasteiger partial charge in [0, 0.05) is 6.42 Å². The molecule has 2 rings (SSSR count). The van der Waals surface area contributed by atoms with Crippen LogP contribution in [-0.4, -0.2) is 47.9 Å². The van der Waals surface area contributed by atoms with E-state index in [4.69, 9.17) is 9.31 Å². The number of nitrogens with zero attached hydrogens (tertiary/aromatic N) is 2. The molecule has 5 heteroatoms. The van der Waals surface area contributed by atoms with Crippen molar-refractivity contribution >= 4 is 18.9 Å². The van der Waals surface area contributed by atoms with Gasteiger partial charge in [-0.15, -0.1) is 0 Å². The molecule has 2 aliphatic heterocycles. The van der Waals surface area contributed by atoms with Gasteiger partial charge in [0.25, 0.3) is 0 Å². The van der Waals surface area contributed by atoms with E-state index in [1.165, 1.54) is 0 Å². The van der Waals surface area contributed by atoms with E-state index in [0.29, 0.717) is 0 Å². The molecule has 0 spiro atoms. The SMILES string of the molecule is CCC1N=CC(B2OC(C)(C)C(C)(C)O2)=[N+]1C. The van der Waals surface area contributed by atoms with Crippen molar-refractivity contribution in [1.29, 1.82) is 0 Å². The van der Waals surface area contributed by atoms with E-state index in [-0.39, 0.29) is 24.5 Å². The molecule has 0 radical (unpaired) electrons. The first-order valence-corrected chi connectivity index (χ1v) is 6.27. The second-order valence-electron chi connectivity index (χ2n) is 5.79. The highest BCUT2D eigenvalue weighted by Crippen LogP contribution is 2.37. The van der Waals surface area contributed by atoms with E-state index in [9.17, 15) is 0 Å². The summed E-state index contributed by atoms with van der Waals surface area (Å²) in [5.41, 5.74) is 0.448. The van der Waals surface area contributed by atoms with Crippen molar-refractivity contribution in [2.45, 2.75) is 58.4 Å². The van der Waals surface area contributed by atoms with Gasteiger partial charge < -0.3 is 9.31 Å². The summed E-state index contributed by atoms with van der Waals surface area (Å²) in [6.45, 7) is 10.4. The van der Waals surface area contributed by atoms with Crippen LogP contribution in [0.5, 0.6) is 0 Å². The van der Waals surface area contributed by atoms with Gasteiger partial charge in [0.05, 0.1) is 17.4 Å². The number of hydrogen-bond donors (Lipinski definition) is 0. The van der Waals surface area contributed by atoms with Gasteiger partial charge in [0.1, 0.15) is 7.05 Å². The highest BCUT2D eigenvalue weighted by Gasteiger charge is 2.56. The monoisotopic (exact) mass is 237 g/mol. The number of hydrogen-bond acceptors (Lipinski definition) is 3. The summed E-state index contributed by atoms with van der Waals surface area (Å²) < 4.78 is 14.2. The highest BCUT2D eigenvalue weighted by atomic mass is 16.7. The van der Waals surface area contributed by atoms with Crippen LogP contribution < -0.4 is 0 Å². The lowest BCUT2D eigenvalue weighted by Gasteiger charge is -2.32. The van der Waals surface area contributed by atoms with Crippen molar-refractivity contribution in [1.82, 2.24) is 0 Å². The minimum Gasteiger partial charge on any atom is -0.395 e. The van der Waals surface area contributed by atoms with Gasteiger partial charge in [-0.05, 0) is 27.7 Å². The van der Waals surface area contributed by atoms with Crippen molar-refractivity contribution in [2.75, 3.05) is 7.05 Å². The van der Waals surface area contributed by atoms with Gasteiger partial charge in [-0.2, -0.15) is 0 Å². The quantitative estimate of drug-likeness (QED) is 0.539. The molecular weight excluding hydrogens is 215 g/mol. The maximum atomic E-state index is 6.02. The zero-order valence-corrected chi connectivity index (χ0v) is 11.7. The molecule has 0 N–H and O–H groups in total. The molecule has 0 aliphatic carbocycles. The fourth-order valence-corrected chi connectivity index (χ4v) is 2.10. The molecule has 17 heavy (non-hydrogen) atoms. The Morgan fingerprint density at radius 3 is 2.24 bits per heavy atom. The van der Waals surface area contributed by atoms with E-state index in [2.05, 4.69) is 44.2 Å². The van der Waals surface area contributed by atoms with Crippen LogP contribution in [0.3, 0.4) is 0 Å². The Morgan fingerprint density at radius 1 is 1.29 bits per heavy atom. The molecule has 1 saturated heterocycles. The molecule has 0 aromatic heterocycles. The smallest absolute Gasteiger partial charge is 0.395 e. The molecule has 0 amide bonds. The van der Waals surface area contributed by atoms with E-state index in [1.807, 2.05) is 13.3 Å². The van der Waals surface area contributed by atoms with Crippen LogP contribution in [0, 0.1) is 0 Å². The van der Waals surface area contributed by atoms with Gasteiger partial charge in [0.2, 0.25) is 11.8 Å². The van der Waals surface area contributed by atoms with Gasteiger partial charge in [-0.25, -0.2) is 9.57 Å². The van der Waals surface area contributed by atoms with Gasteiger partial charge in [0.15, 0.2) is 0 Å². The number of aliphatic imine (C=N–C) groups is 1. The lowest BCUT2D eigenvalue weighted by atomic mass is 9.82. The maximum absolute atomic E-state index is 6.02. The number of rotatable bonds is 2. The third-order valence-corrected chi connectivity index (χ3v) is 4.09. The van der Waals surface area contributed by atoms with Crippen LogP contribution >= 0.6 is 0 Å². The molecule has 0 aromatic rings. The summed E-state index contributed by atoms with van der Waals surface area (Å²) in [4.78, 5) is 4.46. The Kier molecular flexibility index (Phi) is 2.95. The molecule has 1 fully saturated rings. The Hall–Kier alpha value is -0.675. The van der Waals surface area contributed by atoms with Crippen LogP contribution in [0.4, 0.5) is 0 Å². The summed E-state index contributed by atoms with van der Waals surface area (Å²) in [6, 6.07) is 0. The molecule has 4 nitrogen and oxygen atoms in total. The Labute approximate surface area is 104 Å². The van der Waals surface area contributed by atoms with Crippen LogP contribution in [0.15, 0.2) is 4.99 Å². The topological polar surface area (TPSA) is 33.8 Å². The van der Waals surface area contributed by atoms with Crippen molar-refractivity contribution in [3.63, 3.8) is 0 Å². The van der Waals surface area contributed by atoms with E-state index in [0.717, 1.165) is 12.0 Å². The molecule has 1 atom stereocenters. The first-order chi connectivity index (χ1) is 7.78. The van der Waals surface area contributed by atoms with E-state index in [1.54, 1.807) is 0 Å². The second-order valence-corrected chi connectivity index (χ2v) is 5.79. The van der Waals surface area contributed by atoms with Crippen molar-refractivity contribution in [3.8, 4) is 0 Å². The predicted octanol–water partition coefficient (Wildman–Crippen LogP) is 1.52. The summed E-state index contributed by atoms with van der Waals surface area (Å²) in [5, 5.41) is 0. The van der Waals surface area contributed by atoms with Gasteiger partial charge in [-0.3, -0.25) is 0 Å². The van der Waals surface area contributed by atoms with Crippen molar-refractivity contribution in [2.24, 2.45) is 4.99 Å². The lowest BCUT2D eigenvalue weighted by molar-refractivity contribution is -0.529. The molecular formula is C12H22BN2O2+. The maximum Gasteiger partial charge on any atom is 0.569 e. The summed E-state index contributed by atoms with van der Waals surface area (Å²) in [6.07, 6.45) is 3.11. The zero-order valence-electron chi connectivity index (χ0n) is 11.7. The largest absolute Gasteiger partial charge is 0.569 e. The fourth-order valence-electron chi connectivity index (χ4n) is 2.10. The average Bonchev–Trinajstić information content (AvgIpc) is 2.65. The Bertz CT molecular complexity index is 372. The first-order valence-electron chi connectivity index (χ1n) is 6.27. The van der Waals surface area contributed by atoms with E-state index < -0.39 is 0 Å². The first kappa shape index (κ1) is 12.8. The molecule has 0 saturated carbocycles. The van der Waals surface area contributed by atoms with Crippen molar-refractivity contribution < 1.29 is 13.9 Å². The van der Waals surface area contributed by atoms with Gasteiger partial charge in [-0.1, -0.05) is 6.92 Å². The molecule has 94 valence electrons. The standard InChI is InChI=1S/C12H22BN2O2/c1-7-10-14-8-9(15(10)6)13-16-11(2,3)12(4,5)17-13/h8,10H,7H2,1-6H3/q+1. The van der Waals surface area contributed by atoms with Gasteiger partial charge >= 0.3 is 7.12 Å². The Balaban J connectivity index is 2.23. The minimum atomic E-state index is -0.301. The van der Waals surface area contributed by atoms with Crippen molar-refractivity contribution in [3.05, 3.63) is 0 Å². The zero-order chi connectivity index (χ0) is 12.8. The highest BCUT2D eigenvalue weighted by molar-refractivity contribution is 6.92. The lowest BCUT2D eigenvalue weighted by Crippen LogP contribution is -2.41. The molecule has 2 heterocycles. The Morgan fingerprint density at radius 2 is 1.82 bits per heavy atom. The van der Waals surface area contributed by atoms with Crippen LogP contribution in [0.25, 0.3) is 0 Å². The predicted molar refractivity (Wildman–Crippen MR) is 69.8 cm³/mol. The molecule has 2 aliphatic rings. The summed E-state index contributed by atoms with van der Waals surface area (Å²) in [5.74, 6) is 0. The van der Waals surface area contributed by atoms with Crippen LogP contribution in [-0.2, 0) is 9.31 Å². The van der Waals surface area contributed by atoms with Crippen LogP contribution in [0.2, 0.25) is 0 Å². The summed E-state index contributed by atoms with van der Waals surface area (Å²) >= 11 is 0. The molecule has 0 bridgehead atoms. The van der Waals surface area contributed by atoms with Crippen LogP contribution in [0.1, 0.15) is 41.0 Å². The second kappa shape index (κ2) is 3.92. The third kappa shape index (κ3) is 1.95. The summed E-state index contributed by atoms with van der Waals surface area (Å²) in [7, 11) is 1.74. The third-order valence-electron chi connectivity index (χ3n) is 4.09. The average molecular weight is 237 g/mol. The molecule has 1 unspecified atom stereocenters. The molecule has 0 aromatic carbocycles. The van der Waals surface area contributed by atoms with E-state index >= 15 is 0 Å². The fraction of sp³-hybridized carbons (Fsp3) is 0.833. The minimum absolute atomic E-state index is 0.226. The normalized spacial score (nSPS) is 30.5.